The van der Waals surface area contributed by atoms with Crippen molar-refractivity contribution in [3.8, 4) is 0 Å². The predicted octanol–water partition coefficient (Wildman–Crippen LogP) is 3.15. The van der Waals surface area contributed by atoms with Crippen molar-refractivity contribution >= 4 is 0 Å². The highest BCUT2D eigenvalue weighted by Crippen LogP contribution is 2.42. The summed E-state index contributed by atoms with van der Waals surface area (Å²) in [6, 6.07) is 5.75. The number of benzene rings is 1. The molecule has 2 unspecified atom stereocenters. The second kappa shape index (κ2) is 4.46. The molecule has 1 aromatic carbocycles. The van der Waals surface area contributed by atoms with E-state index in [-0.39, 0.29) is 6.04 Å². The standard InChI is InChI=1S/C15H18F3NO/c1-10-8-14(20,9-19(10)13-6-7-13)11-2-4-12(5-3-11)15(16,17)18/h2-5,10,13,20H,6-9H2,1H3. The molecule has 0 spiro atoms. The molecule has 1 N–H and O–H groups in total. The number of likely N-dealkylation sites (tertiary alicyclic amines) is 1. The van der Waals surface area contributed by atoms with Crippen LogP contribution in [0.15, 0.2) is 24.3 Å². The fourth-order valence-corrected chi connectivity index (χ4v) is 3.20. The van der Waals surface area contributed by atoms with E-state index in [1.54, 1.807) is 0 Å². The number of hydrogen-bond donors (Lipinski definition) is 1. The zero-order chi connectivity index (χ0) is 14.5. The van der Waals surface area contributed by atoms with Crippen LogP contribution >= 0.6 is 0 Å². The number of nitrogens with zero attached hydrogens (tertiary/aromatic N) is 1. The van der Waals surface area contributed by atoms with Gasteiger partial charge in [-0.15, -0.1) is 0 Å². The lowest BCUT2D eigenvalue weighted by Gasteiger charge is -2.24. The van der Waals surface area contributed by atoms with Crippen molar-refractivity contribution in [1.29, 1.82) is 0 Å². The first-order valence-corrected chi connectivity index (χ1v) is 6.95. The first-order chi connectivity index (χ1) is 9.29. The molecule has 1 aromatic rings. The molecule has 0 bridgehead atoms. The number of alkyl halides is 3. The molecule has 2 aliphatic rings. The van der Waals surface area contributed by atoms with E-state index in [1.807, 2.05) is 0 Å². The fraction of sp³-hybridized carbons (Fsp3) is 0.600. The molecule has 0 amide bonds. The lowest BCUT2D eigenvalue weighted by atomic mass is 9.91. The second-order valence-electron chi connectivity index (χ2n) is 6.06. The zero-order valence-corrected chi connectivity index (χ0v) is 11.3. The molecule has 110 valence electrons. The van der Waals surface area contributed by atoms with Gasteiger partial charge in [-0.25, -0.2) is 0 Å². The van der Waals surface area contributed by atoms with Crippen molar-refractivity contribution in [2.75, 3.05) is 6.54 Å². The second-order valence-corrected chi connectivity index (χ2v) is 6.06. The van der Waals surface area contributed by atoms with Crippen LogP contribution in [-0.2, 0) is 11.8 Å². The maximum atomic E-state index is 12.6. The van der Waals surface area contributed by atoms with Crippen molar-refractivity contribution in [1.82, 2.24) is 4.90 Å². The minimum Gasteiger partial charge on any atom is -0.384 e. The van der Waals surface area contributed by atoms with Crippen LogP contribution in [0.4, 0.5) is 13.2 Å². The molecule has 0 radical (unpaired) electrons. The van der Waals surface area contributed by atoms with Gasteiger partial charge in [0.2, 0.25) is 0 Å². The Morgan fingerprint density at radius 3 is 2.30 bits per heavy atom. The van der Waals surface area contributed by atoms with Gasteiger partial charge < -0.3 is 5.11 Å². The number of rotatable bonds is 2. The average Bonchev–Trinajstić information content (AvgIpc) is 3.15. The lowest BCUT2D eigenvalue weighted by molar-refractivity contribution is -0.137. The highest BCUT2D eigenvalue weighted by atomic mass is 19.4. The number of halogens is 3. The van der Waals surface area contributed by atoms with Gasteiger partial charge in [0.05, 0.1) is 5.56 Å². The third kappa shape index (κ3) is 2.44. The number of aliphatic hydroxyl groups is 1. The summed E-state index contributed by atoms with van der Waals surface area (Å²) in [5.41, 5.74) is -1.11. The summed E-state index contributed by atoms with van der Waals surface area (Å²) < 4.78 is 37.7. The van der Waals surface area contributed by atoms with E-state index in [9.17, 15) is 18.3 Å². The van der Waals surface area contributed by atoms with Crippen LogP contribution in [0.25, 0.3) is 0 Å². The maximum Gasteiger partial charge on any atom is 0.416 e. The Kier molecular flexibility index (Phi) is 3.10. The first-order valence-electron chi connectivity index (χ1n) is 6.95. The molecular formula is C15H18F3NO. The van der Waals surface area contributed by atoms with Crippen LogP contribution in [-0.4, -0.2) is 28.6 Å². The molecule has 3 rings (SSSR count). The van der Waals surface area contributed by atoms with Crippen molar-refractivity contribution in [3.05, 3.63) is 35.4 Å². The van der Waals surface area contributed by atoms with Gasteiger partial charge in [0.15, 0.2) is 0 Å². The molecular weight excluding hydrogens is 267 g/mol. The van der Waals surface area contributed by atoms with Crippen LogP contribution in [0.3, 0.4) is 0 Å². The Hall–Kier alpha value is -1.07. The minimum absolute atomic E-state index is 0.273. The molecule has 1 saturated heterocycles. The Labute approximate surface area is 116 Å². The van der Waals surface area contributed by atoms with E-state index in [1.165, 1.54) is 12.1 Å². The maximum absolute atomic E-state index is 12.6. The van der Waals surface area contributed by atoms with Gasteiger partial charge in [-0.05, 0) is 43.9 Å². The summed E-state index contributed by atoms with van der Waals surface area (Å²) in [5, 5.41) is 10.8. The van der Waals surface area contributed by atoms with Crippen LogP contribution in [0.2, 0.25) is 0 Å². The topological polar surface area (TPSA) is 23.5 Å². The van der Waals surface area contributed by atoms with E-state index in [0.29, 0.717) is 24.6 Å². The molecule has 1 aliphatic heterocycles. The summed E-state index contributed by atoms with van der Waals surface area (Å²) in [6.45, 7) is 2.59. The van der Waals surface area contributed by atoms with Gasteiger partial charge in [0.25, 0.3) is 0 Å². The SMILES string of the molecule is CC1CC(O)(c2ccc(C(F)(F)F)cc2)CN1C1CC1. The monoisotopic (exact) mass is 285 g/mol. The molecule has 2 nitrogen and oxygen atoms in total. The van der Waals surface area contributed by atoms with Crippen molar-refractivity contribution in [2.24, 2.45) is 0 Å². The summed E-state index contributed by atoms with van der Waals surface area (Å²) >= 11 is 0. The number of β-amino-alcohol motifs (C(OH)–C–C–N with tert-alkyl or cyclic N) is 1. The quantitative estimate of drug-likeness (QED) is 0.902. The molecule has 5 heteroatoms. The predicted molar refractivity (Wildman–Crippen MR) is 69.1 cm³/mol. The summed E-state index contributed by atoms with van der Waals surface area (Å²) in [5.74, 6) is 0. The highest BCUT2D eigenvalue weighted by Gasteiger charge is 2.47. The molecule has 2 fully saturated rings. The van der Waals surface area contributed by atoms with Crippen LogP contribution in [0, 0.1) is 0 Å². The Morgan fingerprint density at radius 1 is 1.20 bits per heavy atom. The molecule has 1 heterocycles. The molecule has 2 atom stereocenters. The molecule has 0 aromatic heterocycles. The van der Waals surface area contributed by atoms with Crippen molar-refractivity contribution in [2.45, 2.75) is 50.0 Å². The average molecular weight is 285 g/mol. The van der Waals surface area contributed by atoms with Gasteiger partial charge in [-0.1, -0.05) is 12.1 Å². The van der Waals surface area contributed by atoms with Crippen molar-refractivity contribution in [3.63, 3.8) is 0 Å². The third-order valence-electron chi connectivity index (χ3n) is 4.41. The molecule has 20 heavy (non-hydrogen) atoms. The van der Waals surface area contributed by atoms with Crippen molar-refractivity contribution < 1.29 is 18.3 Å². The summed E-state index contributed by atoms with van der Waals surface area (Å²) in [4.78, 5) is 2.28. The van der Waals surface area contributed by atoms with Gasteiger partial charge in [0, 0.05) is 18.6 Å². The fourth-order valence-electron chi connectivity index (χ4n) is 3.20. The lowest BCUT2D eigenvalue weighted by Crippen LogP contribution is -2.33. The minimum atomic E-state index is -4.33. The summed E-state index contributed by atoms with van der Waals surface area (Å²) in [6.07, 6.45) is -1.43. The molecule has 1 saturated carbocycles. The summed E-state index contributed by atoms with van der Waals surface area (Å²) in [7, 11) is 0. The zero-order valence-electron chi connectivity index (χ0n) is 11.3. The smallest absolute Gasteiger partial charge is 0.384 e. The largest absolute Gasteiger partial charge is 0.416 e. The van der Waals surface area contributed by atoms with Gasteiger partial charge in [-0.2, -0.15) is 13.2 Å². The van der Waals surface area contributed by atoms with Crippen LogP contribution in [0.1, 0.15) is 37.3 Å². The van der Waals surface area contributed by atoms with Gasteiger partial charge >= 0.3 is 6.18 Å². The molecule has 1 aliphatic carbocycles. The van der Waals surface area contributed by atoms with Gasteiger partial charge in [-0.3, -0.25) is 4.90 Å². The normalized spacial score (nSPS) is 31.8. The van der Waals surface area contributed by atoms with E-state index >= 15 is 0 Å². The first kappa shape index (κ1) is 13.9. The third-order valence-corrected chi connectivity index (χ3v) is 4.41. The Morgan fingerprint density at radius 2 is 1.80 bits per heavy atom. The van der Waals surface area contributed by atoms with Crippen LogP contribution in [0.5, 0.6) is 0 Å². The van der Waals surface area contributed by atoms with E-state index in [0.717, 1.165) is 25.0 Å². The Balaban J connectivity index is 1.81. The van der Waals surface area contributed by atoms with Crippen LogP contribution < -0.4 is 0 Å². The van der Waals surface area contributed by atoms with E-state index in [2.05, 4.69) is 11.8 Å². The number of hydrogen-bond acceptors (Lipinski definition) is 2. The van der Waals surface area contributed by atoms with Gasteiger partial charge in [0.1, 0.15) is 5.60 Å². The van der Waals surface area contributed by atoms with E-state index in [4.69, 9.17) is 0 Å². The highest BCUT2D eigenvalue weighted by molar-refractivity contribution is 5.30. The van der Waals surface area contributed by atoms with E-state index < -0.39 is 17.3 Å². The Bertz CT molecular complexity index is 495.